The third kappa shape index (κ3) is 2.68. The smallest absolute Gasteiger partial charge is 0.130 e. The zero-order chi connectivity index (χ0) is 13.1. The van der Waals surface area contributed by atoms with Crippen LogP contribution in [0.2, 0.25) is 0 Å². The van der Waals surface area contributed by atoms with E-state index in [0.717, 1.165) is 21.3 Å². The van der Waals surface area contributed by atoms with Crippen molar-refractivity contribution in [1.29, 1.82) is 0 Å². The second-order valence-corrected chi connectivity index (χ2v) is 5.73. The minimum atomic E-state index is 0.0758. The maximum atomic E-state index is 4.47. The summed E-state index contributed by atoms with van der Waals surface area (Å²) in [7, 11) is 1.95. The zero-order valence-electron chi connectivity index (χ0n) is 10.3. The van der Waals surface area contributed by atoms with E-state index in [-0.39, 0.29) is 6.04 Å². The van der Waals surface area contributed by atoms with Crippen LogP contribution in [0.3, 0.4) is 0 Å². The fourth-order valence-corrected chi connectivity index (χ4v) is 2.86. The zero-order valence-corrected chi connectivity index (χ0v) is 13.5. The molecule has 96 valence electrons. The average molecular weight is 373 g/mol. The lowest BCUT2D eigenvalue weighted by Crippen LogP contribution is -2.22. The number of nitrogens with one attached hydrogen (secondary N) is 1. The first-order chi connectivity index (χ1) is 8.67. The van der Waals surface area contributed by atoms with Gasteiger partial charge in [-0.3, -0.25) is 0 Å². The molecule has 2 rings (SSSR count). The Bertz CT molecular complexity index is 537. The summed E-state index contributed by atoms with van der Waals surface area (Å²) in [5, 5.41) is 3.33. The van der Waals surface area contributed by atoms with Gasteiger partial charge in [0.25, 0.3) is 0 Å². The van der Waals surface area contributed by atoms with Gasteiger partial charge < -0.3 is 9.88 Å². The van der Waals surface area contributed by atoms with Crippen LogP contribution in [0.1, 0.15) is 24.4 Å². The van der Waals surface area contributed by atoms with Crippen LogP contribution in [-0.4, -0.2) is 16.6 Å². The van der Waals surface area contributed by atoms with Crippen molar-refractivity contribution in [3.05, 3.63) is 50.9 Å². The Morgan fingerprint density at radius 2 is 2.17 bits per heavy atom. The van der Waals surface area contributed by atoms with Crippen molar-refractivity contribution >= 4 is 31.9 Å². The Labute approximate surface area is 124 Å². The molecular weight excluding hydrogens is 358 g/mol. The van der Waals surface area contributed by atoms with E-state index in [2.05, 4.69) is 59.7 Å². The molecule has 1 N–H and O–H groups in total. The number of nitrogens with zero attached hydrogens (tertiary/aromatic N) is 2. The molecule has 1 aromatic carbocycles. The Balaban J connectivity index is 2.48. The Hall–Kier alpha value is -0.650. The van der Waals surface area contributed by atoms with Crippen molar-refractivity contribution in [1.82, 2.24) is 14.9 Å². The standard InChI is InChI=1S/C13H15Br2N3/c1-3-18-7-6-17-13(18)12(16-2)10-8-9(14)4-5-11(10)15/h4-8,12,16H,3H2,1-2H3. The highest BCUT2D eigenvalue weighted by atomic mass is 79.9. The van der Waals surface area contributed by atoms with Crippen molar-refractivity contribution in [3.63, 3.8) is 0 Å². The van der Waals surface area contributed by atoms with Crippen LogP contribution >= 0.6 is 31.9 Å². The summed E-state index contributed by atoms with van der Waals surface area (Å²) in [6.45, 7) is 3.03. The fraction of sp³-hybridized carbons (Fsp3) is 0.308. The summed E-state index contributed by atoms with van der Waals surface area (Å²) in [5.74, 6) is 1.03. The predicted octanol–water partition coefficient (Wildman–Crippen LogP) is 3.74. The summed E-state index contributed by atoms with van der Waals surface area (Å²) in [6, 6.07) is 6.25. The quantitative estimate of drug-likeness (QED) is 0.885. The van der Waals surface area contributed by atoms with Gasteiger partial charge in [-0.1, -0.05) is 31.9 Å². The van der Waals surface area contributed by atoms with Gasteiger partial charge in [0.05, 0.1) is 6.04 Å². The lowest BCUT2D eigenvalue weighted by atomic mass is 10.1. The van der Waals surface area contributed by atoms with Crippen molar-refractivity contribution in [2.24, 2.45) is 0 Å². The Kier molecular flexibility index (Phi) is 4.59. The van der Waals surface area contributed by atoms with Crippen LogP contribution in [0.5, 0.6) is 0 Å². The fourth-order valence-electron chi connectivity index (χ4n) is 2.01. The number of hydrogen-bond acceptors (Lipinski definition) is 2. The topological polar surface area (TPSA) is 29.9 Å². The second-order valence-electron chi connectivity index (χ2n) is 3.96. The maximum absolute atomic E-state index is 4.47. The van der Waals surface area contributed by atoms with Gasteiger partial charge in [0.15, 0.2) is 0 Å². The highest BCUT2D eigenvalue weighted by Gasteiger charge is 2.19. The molecule has 0 aliphatic carbocycles. The van der Waals surface area contributed by atoms with E-state index in [4.69, 9.17) is 0 Å². The Morgan fingerprint density at radius 3 is 2.83 bits per heavy atom. The predicted molar refractivity (Wildman–Crippen MR) is 80.6 cm³/mol. The molecule has 1 atom stereocenters. The normalized spacial score (nSPS) is 12.7. The second kappa shape index (κ2) is 5.99. The third-order valence-electron chi connectivity index (χ3n) is 2.90. The third-order valence-corrected chi connectivity index (χ3v) is 4.12. The van der Waals surface area contributed by atoms with Gasteiger partial charge in [-0.15, -0.1) is 0 Å². The first-order valence-corrected chi connectivity index (χ1v) is 7.39. The highest BCUT2D eigenvalue weighted by molar-refractivity contribution is 9.11. The van der Waals surface area contributed by atoms with Crippen LogP contribution in [0.15, 0.2) is 39.5 Å². The number of halogens is 2. The molecule has 0 aliphatic rings. The largest absolute Gasteiger partial charge is 0.334 e. The van der Waals surface area contributed by atoms with E-state index in [1.807, 2.05) is 31.6 Å². The van der Waals surface area contributed by atoms with Gasteiger partial charge >= 0.3 is 0 Å². The number of rotatable bonds is 4. The van der Waals surface area contributed by atoms with Crippen LogP contribution in [-0.2, 0) is 6.54 Å². The molecule has 3 nitrogen and oxygen atoms in total. The van der Waals surface area contributed by atoms with E-state index in [9.17, 15) is 0 Å². The van der Waals surface area contributed by atoms with Crippen molar-refractivity contribution < 1.29 is 0 Å². The number of imidazole rings is 1. The molecule has 0 saturated heterocycles. The van der Waals surface area contributed by atoms with Crippen molar-refractivity contribution in [2.45, 2.75) is 19.5 Å². The van der Waals surface area contributed by atoms with E-state index in [1.54, 1.807) is 0 Å². The molecular formula is C13H15Br2N3. The molecule has 0 radical (unpaired) electrons. The minimum Gasteiger partial charge on any atom is -0.334 e. The van der Waals surface area contributed by atoms with Gasteiger partial charge in [0, 0.05) is 27.9 Å². The van der Waals surface area contributed by atoms with Gasteiger partial charge in [0.2, 0.25) is 0 Å². The lowest BCUT2D eigenvalue weighted by Gasteiger charge is -2.19. The monoisotopic (exact) mass is 371 g/mol. The van der Waals surface area contributed by atoms with Gasteiger partial charge in [0.1, 0.15) is 5.82 Å². The van der Waals surface area contributed by atoms with Gasteiger partial charge in [-0.25, -0.2) is 4.98 Å². The molecule has 1 heterocycles. The molecule has 0 amide bonds. The molecule has 5 heteroatoms. The van der Waals surface area contributed by atoms with Crippen molar-refractivity contribution in [3.8, 4) is 0 Å². The molecule has 18 heavy (non-hydrogen) atoms. The lowest BCUT2D eigenvalue weighted by molar-refractivity contribution is 0.588. The number of benzene rings is 1. The molecule has 0 saturated carbocycles. The van der Waals surface area contributed by atoms with Gasteiger partial charge in [-0.05, 0) is 37.7 Å². The van der Waals surface area contributed by atoms with Crippen molar-refractivity contribution in [2.75, 3.05) is 7.05 Å². The average Bonchev–Trinajstić information content (AvgIpc) is 2.83. The molecule has 0 fully saturated rings. The van der Waals surface area contributed by atoms with Crippen LogP contribution < -0.4 is 5.32 Å². The minimum absolute atomic E-state index is 0.0758. The highest BCUT2D eigenvalue weighted by Crippen LogP contribution is 2.30. The number of aryl methyl sites for hydroxylation is 1. The summed E-state index contributed by atoms with van der Waals surface area (Å²) in [4.78, 5) is 4.47. The molecule has 0 aliphatic heterocycles. The first kappa shape index (κ1) is 13.8. The van der Waals surface area contributed by atoms with Crippen LogP contribution in [0.4, 0.5) is 0 Å². The van der Waals surface area contributed by atoms with E-state index in [0.29, 0.717) is 0 Å². The van der Waals surface area contributed by atoms with E-state index in [1.165, 1.54) is 5.56 Å². The molecule has 1 aromatic heterocycles. The SMILES string of the molecule is CCn1ccnc1C(NC)c1cc(Br)ccc1Br. The molecule has 1 unspecified atom stereocenters. The molecule has 0 spiro atoms. The Morgan fingerprint density at radius 1 is 1.39 bits per heavy atom. The summed E-state index contributed by atoms with van der Waals surface area (Å²) in [6.07, 6.45) is 3.85. The van der Waals surface area contributed by atoms with Crippen LogP contribution in [0, 0.1) is 0 Å². The van der Waals surface area contributed by atoms with Gasteiger partial charge in [-0.2, -0.15) is 0 Å². The maximum Gasteiger partial charge on any atom is 0.130 e. The summed E-state index contributed by atoms with van der Waals surface area (Å²) >= 11 is 7.12. The summed E-state index contributed by atoms with van der Waals surface area (Å²) < 4.78 is 4.29. The van der Waals surface area contributed by atoms with E-state index >= 15 is 0 Å². The first-order valence-electron chi connectivity index (χ1n) is 5.80. The number of hydrogen-bond donors (Lipinski definition) is 1. The van der Waals surface area contributed by atoms with Crippen LogP contribution in [0.25, 0.3) is 0 Å². The molecule has 0 bridgehead atoms. The number of aromatic nitrogens is 2. The molecule has 2 aromatic rings. The van der Waals surface area contributed by atoms with E-state index < -0.39 is 0 Å². The summed E-state index contributed by atoms with van der Waals surface area (Å²) in [5.41, 5.74) is 1.17.